The third-order valence-electron chi connectivity index (χ3n) is 4.77. The summed E-state index contributed by atoms with van der Waals surface area (Å²) >= 11 is 0. The van der Waals surface area contributed by atoms with Crippen molar-refractivity contribution in [1.29, 1.82) is 0 Å². The van der Waals surface area contributed by atoms with E-state index in [0.29, 0.717) is 18.4 Å². The molecule has 0 spiro atoms. The highest BCUT2D eigenvalue weighted by Gasteiger charge is 2.29. The Morgan fingerprint density at radius 2 is 1.86 bits per heavy atom. The molecule has 1 fully saturated rings. The van der Waals surface area contributed by atoms with Gasteiger partial charge in [0.1, 0.15) is 11.5 Å². The summed E-state index contributed by atoms with van der Waals surface area (Å²) in [4.78, 5) is 7.65. The Hall–Kier alpha value is -1.43. The molecule has 1 N–H and O–H groups in total. The largest absolute Gasteiger partial charge is 0.497 e. The van der Waals surface area contributed by atoms with Crippen LogP contribution in [0.3, 0.4) is 0 Å². The van der Waals surface area contributed by atoms with Gasteiger partial charge in [0.25, 0.3) is 0 Å². The van der Waals surface area contributed by atoms with Gasteiger partial charge in [-0.3, -0.25) is 9.89 Å². The second-order valence-electron chi connectivity index (χ2n) is 6.90. The SMILES string of the molecule is CN=C(NCCN(C)CC(F)(F)F)N1CCC(c2cc(OC)cc(OC)c2)C1.I. The van der Waals surface area contributed by atoms with Crippen LogP contribution in [0.15, 0.2) is 23.2 Å². The lowest BCUT2D eigenvalue weighted by Crippen LogP contribution is -2.43. The quantitative estimate of drug-likeness (QED) is 0.334. The zero-order valence-corrected chi connectivity index (χ0v) is 19.6. The predicted octanol–water partition coefficient (Wildman–Crippen LogP) is 3.18. The summed E-state index contributed by atoms with van der Waals surface area (Å²) in [5, 5.41) is 3.16. The number of rotatable bonds is 7. The van der Waals surface area contributed by atoms with Gasteiger partial charge in [0.2, 0.25) is 0 Å². The molecule has 0 amide bonds. The van der Waals surface area contributed by atoms with Crippen molar-refractivity contribution in [3.05, 3.63) is 23.8 Å². The van der Waals surface area contributed by atoms with Crippen LogP contribution in [0.25, 0.3) is 0 Å². The van der Waals surface area contributed by atoms with Crippen LogP contribution in [-0.4, -0.2) is 83.0 Å². The van der Waals surface area contributed by atoms with Crippen LogP contribution in [-0.2, 0) is 0 Å². The van der Waals surface area contributed by atoms with Crippen LogP contribution in [0.5, 0.6) is 11.5 Å². The number of alkyl halides is 3. The van der Waals surface area contributed by atoms with Gasteiger partial charge in [0.05, 0.1) is 20.8 Å². The molecule has 0 saturated carbocycles. The summed E-state index contributed by atoms with van der Waals surface area (Å²) in [6, 6.07) is 5.87. The van der Waals surface area contributed by atoms with Crippen LogP contribution in [0.2, 0.25) is 0 Å². The highest BCUT2D eigenvalue weighted by molar-refractivity contribution is 14.0. The minimum atomic E-state index is -4.18. The molecule has 6 nitrogen and oxygen atoms in total. The lowest BCUT2D eigenvalue weighted by molar-refractivity contribution is -0.142. The fraction of sp³-hybridized carbons (Fsp3) is 0.632. The van der Waals surface area contributed by atoms with Crippen LogP contribution in [0.1, 0.15) is 17.9 Å². The first-order valence-electron chi connectivity index (χ1n) is 9.19. The molecule has 1 saturated heterocycles. The number of benzene rings is 1. The molecule has 1 aromatic rings. The third-order valence-corrected chi connectivity index (χ3v) is 4.77. The van der Waals surface area contributed by atoms with Crippen molar-refractivity contribution < 1.29 is 22.6 Å². The van der Waals surface area contributed by atoms with Crippen molar-refractivity contribution in [1.82, 2.24) is 15.1 Å². The molecule has 1 aliphatic rings. The van der Waals surface area contributed by atoms with Crippen molar-refractivity contribution in [2.45, 2.75) is 18.5 Å². The number of halogens is 4. The van der Waals surface area contributed by atoms with E-state index in [2.05, 4.69) is 15.2 Å². The Morgan fingerprint density at radius 3 is 2.38 bits per heavy atom. The smallest absolute Gasteiger partial charge is 0.401 e. The normalized spacial score (nSPS) is 17.3. The number of ether oxygens (including phenoxy) is 2. The van der Waals surface area contributed by atoms with Gasteiger partial charge in [0, 0.05) is 45.2 Å². The number of methoxy groups -OCH3 is 2. The minimum absolute atomic E-state index is 0. The van der Waals surface area contributed by atoms with Gasteiger partial charge in [-0.05, 0) is 31.2 Å². The van der Waals surface area contributed by atoms with Crippen LogP contribution >= 0.6 is 24.0 Å². The topological polar surface area (TPSA) is 49.3 Å². The summed E-state index contributed by atoms with van der Waals surface area (Å²) in [5.74, 6) is 2.51. The van der Waals surface area contributed by atoms with Gasteiger partial charge in [-0.2, -0.15) is 13.2 Å². The van der Waals surface area contributed by atoms with E-state index in [-0.39, 0.29) is 30.5 Å². The molecular formula is C19H30F3IN4O2. The van der Waals surface area contributed by atoms with Crippen molar-refractivity contribution >= 4 is 29.9 Å². The molecule has 1 aliphatic heterocycles. The molecule has 0 radical (unpaired) electrons. The van der Waals surface area contributed by atoms with Crippen LogP contribution in [0.4, 0.5) is 13.2 Å². The third kappa shape index (κ3) is 8.07. The highest BCUT2D eigenvalue weighted by atomic mass is 127. The van der Waals surface area contributed by atoms with Gasteiger partial charge < -0.3 is 19.7 Å². The highest BCUT2D eigenvalue weighted by Crippen LogP contribution is 2.32. The van der Waals surface area contributed by atoms with E-state index < -0.39 is 12.7 Å². The number of likely N-dealkylation sites (tertiary alicyclic amines) is 1. The number of hydrogen-bond acceptors (Lipinski definition) is 4. The molecular weight excluding hydrogens is 500 g/mol. The maximum Gasteiger partial charge on any atom is 0.401 e. The van der Waals surface area contributed by atoms with Crippen LogP contribution in [0, 0.1) is 0 Å². The van der Waals surface area contributed by atoms with E-state index in [9.17, 15) is 13.2 Å². The number of aliphatic imine (C=N–C) groups is 1. The number of nitrogens with zero attached hydrogens (tertiary/aromatic N) is 3. The Balaban J connectivity index is 0.00000420. The molecule has 2 rings (SSSR count). The monoisotopic (exact) mass is 530 g/mol. The minimum Gasteiger partial charge on any atom is -0.497 e. The first kappa shape index (κ1) is 25.6. The second-order valence-corrected chi connectivity index (χ2v) is 6.90. The zero-order valence-electron chi connectivity index (χ0n) is 17.3. The fourth-order valence-electron chi connectivity index (χ4n) is 3.37. The second kappa shape index (κ2) is 11.7. The standard InChI is InChI=1S/C19H29F3N4O2.HI/c1-23-18(24-6-8-25(2)13-19(20,21)22)26-7-5-14(12-26)15-9-16(27-3)11-17(10-15)28-4;/h9-11,14H,5-8,12-13H2,1-4H3,(H,23,24);1H. The molecule has 0 bridgehead atoms. The van der Waals surface area contributed by atoms with E-state index >= 15 is 0 Å². The lowest BCUT2D eigenvalue weighted by atomic mass is 9.98. The van der Waals surface area contributed by atoms with Crippen molar-refractivity contribution in [2.24, 2.45) is 4.99 Å². The first-order valence-corrected chi connectivity index (χ1v) is 9.19. The average molecular weight is 530 g/mol. The first-order chi connectivity index (χ1) is 13.3. The maximum absolute atomic E-state index is 12.4. The summed E-state index contributed by atoms with van der Waals surface area (Å²) in [5.41, 5.74) is 1.14. The summed E-state index contributed by atoms with van der Waals surface area (Å²) in [7, 11) is 6.39. The molecule has 1 aromatic carbocycles. The number of likely N-dealkylation sites (N-methyl/N-ethyl adjacent to an activating group) is 1. The van der Waals surface area contributed by atoms with Gasteiger partial charge in [-0.1, -0.05) is 0 Å². The Kier molecular flexibility index (Phi) is 10.3. The molecule has 0 aromatic heterocycles. The summed E-state index contributed by atoms with van der Waals surface area (Å²) < 4.78 is 47.9. The number of hydrogen-bond donors (Lipinski definition) is 1. The predicted molar refractivity (Wildman–Crippen MR) is 119 cm³/mol. The summed E-state index contributed by atoms with van der Waals surface area (Å²) in [6.07, 6.45) is -3.23. The van der Waals surface area contributed by atoms with E-state index in [1.165, 1.54) is 11.9 Å². The molecule has 10 heteroatoms. The van der Waals surface area contributed by atoms with Gasteiger partial charge in [0.15, 0.2) is 5.96 Å². The maximum atomic E-state index is 12.4. The van der Waals surface area contributed by atoms with Crippen LogP contribution < -0.4 is 14.8 Å². The van der Waals surface area contributed by atoms with E-state index in [0.717, 1.165) is 36.6 Å². The number of nitrogens with one attached hydrogen (secondary N) is 1. The Morgan fingerprint density at radius 1 is 1.24 bits per heavy atom. The fourth-order valence-corrected chi connectivity index (χ4v) is 3.37. The molecule has 1 heterocycles. The van der Waals surface area contributed by atoms with Crippen molar-refractivity contribution in [2.75, 3.05) is 61.0 Å². The van der Waals surface area contributed by atoms with Crippen molar-refractivity contribution in [3.63, 3.8) is 0 Å². The molecule has 29 heavy (non-hydrogen) atoms. The van der Waals surface area contributed by atoms with E-state index in [4.69, 9.17) is 9.47 Å². The molecule has 166 valence electrons. The lowest BCUT2D eigenvalue weighted by Gasteiger charge is -2.24. The van der Waals surface area contributed by atoms with Gasteiger partial charge in [-0.15, -0.1) is 24.0 Å². The average Bonchev–Trinajstić information content (AvgIpc) is 3.13. The zero-order chi connectivity index (χ0) is 20.7. The molecule has 1 unspecified atom stereocenters. The Bertz CT molecular complexity index is 651. The summed E-state index contributed by atoms with van der Waals surface area (Å²) in [6.45, 7) is 1.35. The van der Waals surface area contributed by atoms with E-state index in [1.807, 2.05) is 18.2 Å². The van der Waals surface area contributed by atoms with Crippen molar-refractivity contribution in [3.8, 4) is 11.5 Å². The Labute approximate surface area is 187 Å². The molecule has 0 aliphatic carbocycles. The molecule has 1 atom stereocenters. The van der Waals surface area contributed by atoms with E-state index in [1.54, 1.807) is 21.3 Å². The van der Waals surface area contributed by atoms with Gasteiger partial charge >= 0.3 is 6.18 Å². The van der Waals surface area contributed by atoms with Gasteiger partial charge in [-0.25, -0.2) is 0 Å². The number of guanidine groups is 1.